The van der Waals surface area contributed by atoms with Crippen molar-refractivity contribution in [2.75, 3.05) is 17.1 Å². The van der Waals surface area contributed by atoms with Crippen molar-refractivity contribution >= 4 is 27.4 Å². The number of nitrogens with one attached hydrogen (secondary N) is 2. The number of benzene rings is 2. The molecule has 0 saturated heterocycles. The molecule has 0 radical (unpaired) electrons. The number of para-hydroxylation sites is 2. The van der Waals surface area contributed by atoms with Gasteiger partial charge in [-0.2, -0.15) is 0 Å². The van der Waals surface area contributed by atoms with Crippen LogP contribution in [0.25, 0.3) is 0 Å². The van der Waals surface area contributed by atoms with Gasteiger partial charge in [0.25, 0.3) is 15.9 Å². The Morgan fingerprint density at radius 2 is 1.79 bits per heavy atom. The Hall–Kier alpha value is -3.39. The van der Waals surface area contributed by atoms with Gasteiger partial charge < -0.3 is 10.1 Å². The monoisotopic (exact) mass is 397 g/mol. The standard InChI is InChI=1S/C20H19N3O4S/c1-14-10-11-15(20(24)22-19-9-5-6-12-21-19)13-18(14)28(25,26)23-16-7-3-4-8-17(16)27-2/h3-13,23H,1-2H3,(H,21,22,24). The van der Waals surface area contributed by atoms with Gasteiger partial charge in [-0.15, -0.1) is 0 Å². The van der Waals surface area contributed by atoms with Crippen molar-refractivity contribution in [1.82, 2.24) is 4.98 Å². The molecule has 0 unspecified atom stereocenters. The number of ether oxygens (including phenoxy) is 1. The predicted octanol–water partition coefficient (Wildman–Crippen LogP) is 3.45. The van der Waals surface area contributed by atoms with Crippen molar-refractivity contribution in [1.29, 1.82) is 0 Å². The van der Waals surface area contributed by atoms with E-state index in [1.807, 2.05) is 0 Å². The minimum atomic E-state index is -3.93. The van der Waals surface area contributed by atoms with Crippen molar-refractivity contribution in [3.8, 4) is 5.75 Å². The van der Waals surface area contributed by atoms with Crippen molar-refractivity contribution in [2.45, 2.75) is 11.8 Å². The lowest BCUT2D eigenvalue weighted by atomic mass is 10.1. The average Bonchev–Trinajstić information content (AvgIpc) is 2.69. The number of anilines is 2. The highest BCUT2D eigenvalue weighted by atomic mass is 32.2. The number of aryl methyl sites for hydroxylation is 1. The molecule has 1 heterocycles. The summed E-state index contributed by atoms with van der Waals surface area (Å²) in [5, 5.41) is 2.64. The summed E-state index contributed by atoms with van der Waals surface area (Å²) < 4.78 is 33.5. The van der Waals surface area contributed by atoms with Crippen molar-refractivity contribution in [3.63, 3.8) is 0 Å². The number of rotatable bonds is 6. The van der Waals surface area contributed by atoms with Gasteiger partial charge in [-0.1, -0.05) is 24.3 Å². The summed E-state index contributed by atoms with van der Waals surface area (Å²) in [4.78, 5) is 16.5. The zero-order valence-electron chi connectivity index (χ0n) is 15.3. The summed E-state index contributed by atoms with van der Waals surface area (Å²) in [5.74, 6) is 0.324. The van der Waals surface area contributed by atoms with E-state index in [-0.39, 0.29) is 10.5 Å². The molecule has 0 bridgehead atoms. The highest BCUT2D eigenvalue weighted by Gasteiger charge is 2.21. The molecular weight excluding hydrogens is 378 g/mol. The molecular formula is C20H19N3O4S. The van der Waals surface area contributed by atoms with E-state index in [1.54, 1.807) is 67.7 Å². The van der Waals surface area contributed by atoms with Gasteiger partial charge in [0, 0.05) is 11.8 Å². The summed E-state index contributed by atoms with van der Waals surface area (Å²) in [6.45, 7) is 1.66. The highest BCUT2D eigenvalue weighted by molar-refractivity contribution is 7.92. The summed E-state index contributed by atoms with van der Waals surface area (Å²) >= 11 is 0. The zero-order valence-corrected chi connectivity index (χ0v) is 16.2. The van der Waals surface area contributed by atoms with Crippen LogP contribution in [0.15, 0.2) is 71.8 Å². The summed E-state index contributed by atoms with van der Waals surface area (Å²) in [5.41, 5.74) is 1.03. The van der Waals surface area contributed by atoms with Gasteiger partial charge in [0.2, 0.25) is 0 Å². The van der Waals surface area contributed by atoms with Crippen LogP contribution in [0.1, 0.15) is 15.9 Å². The topological polar surface area (TPSA) is 97.4 Å². The van der Waals surface area contributed by atoms with E-state index in [0.29, 0.717) is 22.8 Å². The Morgan fingerprint density at radius 1 is 1.04 bits per heavy atom. The molecule has 0 aliphatic carbocycles. The van der Waals surface area contributed by atoms with Crippen LogP contribution in [-0.2, 0) is 10.0 Å². The molecule has 7 nitrogen and oxygen atoms in total. The molecule has 0 spiro atoms. The fourth-order valence-electron chi connectivity index (χ4n) is 2.58. The fraction of sp³-hybridized carbons (Fsp3) is 0.100. The van der Waals surface area contributed by atoms with Crippen LogP contribution in [0.3, 0.4) is 0 Å². The lowest BCUT2D eigenvalue weighted by molar-refractivity contribution is 0.102. The maximum Gasteiger partial charge on any atom is 0.262 e. The first kappa shape index (κ1) is 19.4. The van der Waals surface area contributed by atoms with Crippen molar-refractivity contribution < 1.29 is 17.9 Å². The molecule has 1 aromatic heterocycles. The van der Waals surface area contributed by atoms with E-state index in [9.17, 15) is 13.2 Å². The number of amides is 1. The second kappa shape index (κ2) is 8.10. The molecule has 144 valence electrons. The van der Waals surface area contributed by atoms with E-state index in [0.717, 1.165) is 0 Å². The molecule has 0 fully saturated rings. The molecule has 0 aliphatic rings. The van der Waals surface area contributed by atoms with Gasteiger partial charge >= 0.3 is 0 Å². The molecule has 0 aliphatic heterocycles. The average molecular weight is 397 g/mol. The minimum absolute atomic E-state index is 0.00655. The molecule has 3 aromatic rings. The summed E-state index contributed by atoms with van der Waals surface area (Å²) in [7, 11) is -2.47. The third-order valence-corrected chi connectivity index (χ3v) is 5.51. The van der Waals surface area contributed by atoms with Gasteiger partial charge in [-0.25, -0.2) is 13.4 Å². The zero-order chi connectivity index (χ0) is 20.1. The Kier molecular flexibility index (Phi) is 5.60. The van der Waals surface area contributed by atoms with Gasteiger partial charge in [0.15, 0.2) is 0 Å². The Balaban J connectivity index is 1.91. The molecule has 0 saturated carbocycles. The van der Waals surface area contributed by atoms with Crippen molar-refractivity contribution in [2.24, 2.45) is 0 Å². The number of pyridine rings is 1. The van der Waals surface area contributed by atoms with E-state index in [2.05, 4.69) is 15.0 Å². The maximum atomic E-state index is 12.9. The van der Waals surface area contributed by atoms with E-state index in [1.165, 1.54) is 13.2 Å². The molecule has 28 heavy (non-hydrogen) atoms. The van der Waals surface area contributed by atoms with E-state index >= 15 is 0 Å². The van der Waals surface area contributed by atoms with Gasteiger partial charge in [-0.3, -0.25) is 9.52 Å². The number of methoxy groups -OCH3 is 1. The van der Waals surface area contributed by atoms with E-state index in [4.69, 9.17) is 4.74 Å². The predicted molar refractivity (Wildman–Crippen MR) is 107 cm³/mol. The smallest absolute Gasteiger partial charge is 0.262 e. The number of aromatic nitrogens is 1. The van der Waals surface area contributed by atoms with Crippen LogP contribution < -0.4 is 14.8 Å². The van der Waals surface area contributed by atoms with Crippen LogP contribution in [0.2, 0.25) is 0 Å². The third-order valence-electron chi connectivity index (χ3n) is 4.00. The second-order valence-electron chi connectivity index (χ2n) is 5.96. The molecule has 2 aromatic carbocycles. The quantitative estimate of drug-likeness (QED) is 0.664. The molecule has 8 heteroatoms. The molecule has 1 amide bonds. The first-order valence-corrected chi connectivity index (χ1v) is 9.88. The number of sulfonamides is 1. The number of carbonyl (C=O) groups excluding carboxylic acids is 1. The lowest BCUT2D eigenvalue weighted by Gasteiger charge is -2.14. The molecule has 0 atom stereocenters. The normalized spacial score (nSPS) is 10.9. The summed E-state index contributed by atoms with van der Waals surface area (Å²) in [6.07, 6.45) is 1.55. The summed E-state index contributed by atoms with van der Waals surface area (Å²) in [6, 6.07) is 16.3. The number of hydrogen-bond donors (Lipinski definition) is 2. The van der Waals surface area contributed by atoms with Gasteiger partial charge in [0.05, 0.1) is 17.7 Å². The van der Waals surface area contributed by atoms with Crippen LogP contribution in [0, 0.1) is 6.92 Å². The first-order chi connectivity index (χ1) is 13.4. The van der Waals surface area contributed by atoms with Crippen LogP contribution in [0.4, 0.5) is 11.5 Å². The Labute approximate surface area is 163 Å². The Morgan fingerprint density at radius 3 is 2.50 bits per heavy atom. The van der Waals surface area contributed by atoms with E-state index < -0.39 is 15.9 Å². The molecule has 2 N–H and O–H groups in total. The largest absolute Gasteiger partial charge is 0.495 e. The highest BCUT2D eigenvalue weighted by Crippen LogP contribution is 2.27. The number of hydrogen-bond acceptors (Lipinski definition) is 5. The van der Waals surface area contributed by atoms with Crippen LogP contribution in [0.5, 0.6) is 5.75 Å². The number of nitrogens with zero attached hydrogens (tertiary/aromatic N) is 1. The first-order valence-electron chi connectivity index (χ1n) is 8.39. The van der Waals surface area contributed by atoms with Crippen LogP contribution >= 0.6 is 0 Å². The van der Waals surface area contributed by atoms with Gasteiger partial charge in [-0.05, 0) is 48.9 Å². The maximum absolute atomic E-state index is 12.9. The van der Waals surface area contributed by atoms with Gasteiger partial charge in [0.1, 0.15) is 11.6 Å². The third kappa shape index (κ3) is 4.29. The second-order valence-corrected chi connectivity index (χ2v) is 7.61. The SMILES string of the molecule is COc1ccccc1NS(=O)(=O)c1cc(C(=O)Nc2ccccn2)ccc1C. The van der Waals surface area contributed by atoms with Crippen LogP contribution in [-0.4, -0.2) is 26.4 Å². The lowest BCUT2D eigenvalue weighted by Crippen LogP contribution is -2.17. The van der Waals surface area contributed by atoms with Crippen molar-refractivity contribution in [3.05, 3.63) is 78.0 Å². The Bertz CT molecular complexity index is 1100. The number of carbonyl (C=O) groups is 1. The fourth-order valence-corrected chi connectivity index (χ4v) is 3.93. The minimum Gasteiger partial charge on any atom is -0.495 e. The molecule has 3 rings (SSSR count).